The van der Waals surface area contributed by atoms with Crippen LogP contribution in [0, 0.1) is 6.92 Å². The van der Waals surface area contributed by atoms with Crippen LogP contribution in [0.5, 0.6) is 0 Å². The van der Waals surface area contributed by atoms with E-state index in [4.69, 9.17) is 0 Å². The molecule has 0 aliphatic rings. The molecule has 110 valence electrons. The third kappa shape index (κ3) is 3.34. The molecule has 0 radical (unpaired) electrons. The van der Waals surface area contributed by atoms with Crippen molar-refractivity contribution in [3.63, 3.8) is 0 Å². The van der Waals surface area contributed by atoms with Crippen molar-refractivity contribution >= 4 is 17.0 Å². The minimum absolute atomic E-state index is 0.795. The molecule has 0 saturated carbocycles. The lowest BCUT2D eigenvalue weighted by molar-refractivity contribution is 0.350. The smallest absolute Gasteiger partial charge is 0.0613 e. The van der Waals surface area contributed by atoms with Gasteiger partial charge < -0.3 is 0 Å². The fourth-order valence-electron chi connectivity index (χ4n) is 2.54. The number of fused-ring (bicyclic) bond motifs is 1. The third-order valence-corrected chi connectivity index (χ3v) is 3.76. The number of hydrazone groups is 1. The molecule has 3 aromatic carbocycles. The molecule has 0 amide bonds. The SMILES string of the molecule is Cc1ccc(/C=N/N(C)Cc2cccc3ccccc23)cc1. The first-order chi connectivity index (χ1) is 10.7. The Morgan fingerprint density at radius 2 is 1.64 bits per heavy atom. The molecule has 0 N–H and O–H groups in total. The average Bonchev–Trinajstić information content (AvgIpc) is 2.55. The Morgan fingerprint density at radius 1 is 0.909 bits per heavy atom. The van der Waals surface area contributed by atoms with E-state index in [2.05, 4.69) is 78.8 Å². The third-order valence-electron chi connectivity index (χ3n) is 3.76. The van der Waals surface area contributed by atoms with E-state index in [0.29, 0.717) is 0 Å². The molecule has 0 saturated heterocycles. The first kappa shape index (κ1) is 14.3. The normalized spacial score (nSPS) is 11.2. The highest BCUT2D eigenvalue weighted by Crippen LogP contribution is 2.19. The van der Waals surface area contributed by atoms with Gasteiger partial charge in [0.25, 0.3) is 0 Å². The summed E-state index contributed by atoms with van der Waals surface area (Å²) in [5.74, 6) is 0. The Hall–Kier alpha value is -2.61. The van der Waals surface area contributed by atoms with Crippen molar-refractivity contribution in [3.05, 3.63) is 83.4 Å². The van der Waals surface area contributed by atoms with Gasteiger partial charge in [0, 0.05) is 7.05 Å². The van der Waals surface area contributed by atoms with Crippen LogP contribution in [0.1, 0.15) is 16.7 Å². The minimum atomic E-state index is 0.795. The predicted octanol–water partition coefficient (Wildman–Crippen LogP) is 4.61. The summed E-state index contributed by atoms with van der Waals surface area (Å²) >= 11 is 0. The van der Waals surface area contributed by atoms with E-state index >= 15 is 0 Å². The van der Waals surface area contributed by atoms with Gasteiger partial charge in [0.05, 0.1) is 12.8 Å². The second-order valence-corrected chi connectivity index (χ2v) is 5.61. The fourth-order valence-corrected chi connectivity index (χ4v) is 2.54. The van der Waals surface area contributed by atoms with E-state index in [0.717, 1.165) is 12.1 Å². The lowest BCUT2D eigenvalue weighted by Crippen LogP contribution is -2.11. The summed E-state index contributed by atoms with van der Waals surface area (Å²) in [5, 5.41) is 9.08. The number of benzene rings is 3. The lowest BCUT2D eigenvalue weighted by Gasteiger charge is -2.14. The first-order valence-electron chi connectivity index (χ1n) is 7.51. The molecular formula is C20H20N2. The number of hydrogen-bond acceptors (Lipinski definition) is 2. The molecule has 3 rings (SSSR count). The van der Waals surface area contributed by atoms with Crippen molar-refractivity contribution in [2.45, 2.75) is 13.5 Å². The molecule has 0 bridgehead atoms. The fraction of sp³-hybridized carbons (Fsp3) is 0.150. The van der Waals surface area contributed by atoms with E-state index < -0.39 is 0 Å². The van der Waals surface area contributed by atoms with E-state index in [9.17, 15) is 0 Å². The monoisotopic (exact) mass is 288 g/mol. The highest BCUT2D eigenvalue weighted by Gasteiger charge is 2.02. The van der Waals surface area contributed by atoms with Gasteiger partial charge in [-0.2, -0.15) is 5.10 Å². The Morgan fingerprint density at radius 3 is 2.45 bits per heavy atom. The molecule has 0 heterocycles. The molecular weight excluding hydrogens is 268 g/mol. The van der Waals surface area contributed by atoms with Crippen molar-refractivity contribution in [2.75, 3.05) is 7.05 Å². The Labute approximate surface area is 131 Å². The molecule has 0 aliphatic carbocycles. The second kappa shape index (κ2) is 6.44. The van der Waals surface area contributed by atoms with Crippen molar-refractivity contribution in [1.82, 2.24) is 5.01 Å². The molecule has 0 aliphatic heterocycles. The van der Waals surface area contributed by atoms with Gasteiger partial charge in [-0.15, -0.1) is 0 Å². The van der Waals surface area contributed by atoms with Gasteiger partial charge in [-0.05, 0) is 28.8 Å². The molecule has 0 spiro atoms. The zero-order chi connectivity index (χ0) is 15.4. The van der Waals surface area contributed by atoms with Gasteiger partial charge in [-0.25, -0.2) is 0 Å². The molecule has 0 unspecified atom stereocenters. The quantitative estimate of drug-likeness (QED) is 0.505. The molecule has 22 heavy (non-hydrogen) atoms. The van der Waals surface area contributed by atoms with Gasteiger partial charge in [-0.3, -0.25) is 5.01 Å². The summed E-state index contributed by atoms with van der Waals surface area (Å²) in [6.45, 7) is 2.89. The van der Waals surface area contributed by atoms with Crippen molar-refractivity contribution in [3.8, 4) is 0 Å². The van der Waals surface area contributed by atoms with E-state index in [1.165, 1.54) is 21.9 Å². The van der Waals surface area contributed by atoms with Crippen LogP contribution in [0.4, 0.5) is 0 Å². The van der Waals surface area contributed by atoms with Crippen LogP contribution in [-0.4, -0.2) is 18.3 Å². The van der Waals surface area contributed by atoms with Gasteiger partial charge >= 0.3 is 0 Å². The number of aryl methyl sites for hydroxylation is 1. The largest absolute Gasteiger partial charge is 0.296 e. The van der Waals surface area contributed by atoms with Crippen LogP contribution < -0.4 is 0 Å². The second-order valence-electron chi connectivity index (χ2n) is 5.61. The zero-order valence-corrected chi connectivity index (χ0v) is 13.0. The molecule has 0 atom stereocenters. The topological polar surface area (TPSA) is 15.6 Å². The molecule has 2 nitrogen and oxygen atoms in total. The van der Waals surface area contributed by atoms with E-state index in [1.807, 2.05) is 18.3 Å². The summed E-state index contributed by atoms with van der Waals surface area (Å²) in [7, 11) is 2.01. The van der Waals surface area contributed by atoms with E-state index in [1.54, 1.807) is 0 Å². The van der Waals surface area contributed by atoms with Crippen molar-refractivity contribution in [2.24, 2.45) is 5.10 Å². The van der Waals surface area contributed by atoms with Crippen LogP contribution in [0.25, 0.3) is 10.8 Å². The van der Waals surface area contributed by atoms with Crippen molar-refractivity contribution in [1.29, 1.82) is 0 Å². The number of hydrogen-bond donors (Lipinski definition) is 0. The first-order valence-corrected chi connectivity index (χ1v) is 7.51. The summed E-state index contributed by atoms with van der Waals surface area (Å²) in [5.41, 5.74) is 3.68. The molecule has 0 fully saturated rings. The van der Waals surface area contributed by atoms with Gasteiger partial charge in [0.2, 0.25) is 0 Å². The Kier molecular flexibility index (Phi) is 4.19. The number of rotatable bonds is 4. The zero-order valence-electron chi connectivity index (χ0n) is 13.0. The standard InChI is InChI=1S/C20H20N2/c1-16-10-12-17(13-11-16)14-21-22(2)15-19-8-5-7-18-6-3-4-9-20(18)19/h3-14H,15H2,1-2H3/b21-14+. The number of nitrogens with zero attached hydrogens (tertiary/aromatic N) is 2. The van der Waals surface area contributed by atoms with Gasteiger partial charge in [0.1, 0.15) is 0 Å². The molecule has 0 aromatic heterocycles. The van der Waals surface area contributed by atoms with E-state index in [-0.39, 0.29) is 0 Å². The maximum atomic E-state index is 4.53. The van der Waals surface area contributed by atoms with Crippen molar-refractivity contribution < 1.29 is 0 Å². The summed E-state index contributed by atoms with van der Waals surface area (Å²) in [4.78, 5) is 0. The Balaban J connectivity index is 1.75. The molecule has 2 heteroatoms. The Bertz CT molecular complexity index is 783. The molecule has 3 aromatic rings. The van der Waals surface area contributed by atoms with Gasteiger partial charge in [0.15, 0.2) is 0 Å². The maximum absolute atomic E-state index is 4.53. The summed E-state index contributed by atoms with van der Waals surface area (Å²) < 4.78 is 0. The van der Waals surface area contributed by atoms with Gasteiger partial charge in [-0.1, -0.05) is 72.3 Å². The average molecular weight is 288 g/mol. The van der Waals surface area contributed by atoms with Crippen LogP contribution in [0.15, 0.2) is 71.8 Å². The van der Waals surface area contributed by atoms with Crippen LogP contribution in [0.3, 0.4) is 0 Å². The van der Waals surface area contributed by atoms with Crippen LogP contribution in [0.2, 0.25) is 0 Å². The summed E-state index contributed by atoms with van der Waals surface area (Å²) in [6.07, 6.45) is 1.91. The predicted molar refractivity (Wildman–Crippen MR) is 94.2 cm³/mol. The van der Waals surface area contributed by atoms with Crippen LogP contribution >= 0.6 is 0 Å². The maximum Gasteiger partial charge on any atom is 0.0613 e. The lowest BCUT2D eigenvalue weighted by atomic mass is 10.0. The summed E-state index contributed by atoms with van der Waals surface area (Å²) in [6, 6.07) is 23.3. The highest BCUT2D eigenvalue weighted by molar-refractivity contribution is 5.85. The minimum Gasteiger partial charge on any atom is -0.296 e. The van der Waals surface area contributed by atoms with Crippen LogP contribution in [-0.2, 0) is 6.54 Å². The highest BCUT2D eigenvalue weighted by atomic mass is 15.4.